The van der Waals surface area contributed by atoms with Crippen molar-refractivity contribution < 1.29 is 23.7 Å². The number of aromatic nitrogens is 2. The second kappa shape index (κ2) is 8.22. The Morgan fingerprint density at radius 1 is 1.10 bits per heavy atom. The summed E-state index contributed by atoms with van der Waals surface area (Å²) in [6, 6.07) is 11.0. The fourth-order valence-electron chi connectivity index (χ4n) is 4.01. The summed E-state index contributed by atoms with van der Waals surface area (Å²) in [6.07, 6.45) is 0. The average Bonchev–Trinajstić information content (AvgIpc) is 3.14. The van der Waals surface area contributed by atoms with Gasteiger partial charge in [-0.2, -0.15) is 0 Å². The fourth-order valence-corrected chi connectivity index (χ4v) is 4.01. The van der Waals surface area contributed by atoms with Gasteiger partial charge in [0.2, 0.25) is 11.7 Å². The van der Waals surface area contributed by atoms with Crippen LogP contribution in [0.3, 0.4) is 0 Å². The van der Waals surface area contributed by atoms with E-state index in [-0.39, 0.29) is 6.61 Å². The van der Waals surface area contributed by atoms with Crippen molar-refractivity contribution in [2.75, 3.05) is 33.3 Å². The van der Waals surface area contributed by atoms with Gasteiger partial charge < -0.3 is 24.3 Å². The molecule has 0 fully saturated rings. The molecule has 1 aliphatic heterocycles. The number of methoxy groups -OCH3 is 3. The summed E-state index contributed by atoms with van der Waals surface area (Å²) >= 11 is 0. The van der Waals surface area contributed by atoms with E-state index in [0.717, 1.165) is 16.6 Å². The number of hydrogen-bond donors (Lipinski definition) is 1. The van der Waals surface area contributed by atoms with Crippen LogP contribution >= 0.6 is 0 Å². The zero-order valence-corrected chi connectivity index (χ0v) is 18.2. The Morgan fingerprint density at radius 2 is 1.77 bits per heavy atom. The van der Waals surface area contributed by atoms with E-state index in [2.05, 4.69) is 5.32 Å². The van der Waals surface area contributed by atoms with Crippen molar-refractivity contribution in [3.05, 3.63) is 53.2 Å². The minimum absolute atomic E-state index is 0.273. The van der Waals surface area contributed by atoms with Gasteiger partial charge in [0, 0.05) is 5.70 Å². The lowest BCUT2D eigenvalue weighted by atomic mass is 9.94. The highest BCUT2D eigenvalue weighted by Gasteiger charge is 2.36. The molecule has 162 valence electrons. The Morgan fingerprint density at radius 3 is 2.39 bits per heavy atom. The van der Waals surface area contributed by atoms with Crippen molar-refractivity contribution in [2.45, 2.75) is 19.9 Å². The van der Waals surface area contributed by atoms with Gasteiger partial charge in [0.1, 0.15) is 0 Å². The van der Waals surface area contributed by atoms with Crippen LogP contribution in [0.2, 0.25) is 0 Å². The topological polar surface area (TPSA) is 83.8 Å². The molecule has 0 saturated heterocycles. The van der Waals surface area contributed by atoms with Crippen LogP contribution in [-0.4, -0.2) is 43.5 Å². The molecule has 0 amide bonds. The van der Waals surface area contributed by atoms with Crippen molar-refractivity contribution in [3.63, 3.8) is 0 Å². The van der Waals surface area contributed by atoms with Crippen LogP contribution in [0.5, 0.6) is 17.2 Å². The summed E-state index contributed by atoms with van der Waals surface area (Å²) in [5, 5.41) is 3.26. The van der Waals surface area contributed by atoms with Crippen molar-refractivity contribution >= 4 is 23.0 Å². The highest BCUT2D eigenvalue weighted by Crippen LogP contribution is 2.45. The molecule has 4 rings (SSSR count). The first-order valence-corrected chi connectivity index (χ1v) is 9.95. The Bertz CT molecular complexity index is 1160. The van der Waals surface area contributed by atoms with Gasteiger partial charge in [-0.15, -0.1) is 0 Å². The highest BCUT2D eigenvalue weighted by molar-refractivity contribution is 5.94. The second-order valence-corrected chi connectivity index (χ2v) is 7.04. The Labute approximate surface area is 180 Å². The maximum atomic E-state index is 13.1. The van der Waals surface area contributed by atoms with Crippen molar-refractivity contribution in [3.8, 4) is 17.2 Å². The molecular formula is C23H25N3O5. The molecule has 3 aromatic rings. The van der Waals surface area contributed by atoms with Crippen LogP contribution in [0.1, 0.15) is 25.5 Å². The van der Waals surface area contributed by atoms with Gasteiger partial charge in [0.05, 0.1) is 50.6 Å². The number of benzene rings is 2. The lowest BCUT2D eigenvalue weighted by Gasteiger charge is -2.30. The molecule has 1 atom stereocenters. The largest absolute Gasteiger partial charge is 0.493 e. The number of fused-ring (bicyclic) bond motifs is 3. The Balaban J connectivity index is 2.02. The molecule has 2 heterocycles. The van der Waals surface area contributed by atoms with Crippen molar-refractivity contribution in [1.82, 2.24) is 9.55 Å². The molecular weight excluding hydrogens is 398 g/mol. The van der Waals surface area contributed by atoms with Gasteiger partial charge in [-0.25, -0.2) is 9.78 Å². The molecule has 1 aromatic heterocycles. The molecule has 1 aliphatic rings. The van der Waals surface area contributed by atoms with Crippen LogP contribution in [0.15, 0.2) is 47.7 Å². The third-order valence-electron chi connectivity index (χ3n) is 5.33. The number of carbonyl (C=O) groups excluding carboxylic acids is 1. The minimum Gasteiger partial charge on any atom is -0.493 e. The third kappa shape index (κ3) is 3.34. The first-order valence-electron chi connectivity index (χ1n) is 9.95. The predicted molar refractivity (Wildman–Crippen MR) is 117 cm³/mol. The average molecular weight is 423 g/mol. The van der Waals surface area contributed by atoms with Gasteiger partial charge >= 0.3 is 5.97 Å². The molecule has 8 nitrogen and oxygen atoms in total. The zero-order valence-electron chi connectivity index (χ0n) is 18.2. The van der Waals surface area contributed by atoms with E-state index in [0.29, 0.717) is 34.5 Å². The number of rotatable bonds is 6. The van der Waals surface area contributed by atoms with E-state index in [1.54, 1.807) is 28.3 Å². The maximum Gasteiger partial charge on any atom is 0.338 e. The van der Waals surface area contributed by atoms with Gasteiger partial charge in [-0.05, 0) is 43.7 Å². The number of allylic oxidation sites excluding steroid dienone is 1. The number of anilines is 1. The summed E-state index contributed by atoms with van der Waals surface area (Å²) in [5.41, 5.74) is 3.66. The minimum atomic E-state index is -0.503. The summed E-state index contributed by atoms with van der Waals surface area (Å²) in [4.78, 5) is 17.8. The molecule has 2 aromatic carbocycles. The maximum absolute atomic E-state index is 13.1. The molecule has 0 radical (unpaired) electrons. The molecule has 0 bridgehead atoms. The van der Waals surface area contributed by atoms with E-state index < -0.39 is 12.0 Å². The van der Waals surface area contributed by atoms with Crippen LogP contribution < -0.4 is 19.5 Å². The summed E-state index contributed by atoms with van der Waals surface area (Å²) < 4.78 is 24.0. The van der Waals surface area contributed by atoms with Crippen LogP contribution in [-0.2, 0) is 9.53 Å². The number of carbonyl (C=O) groups is 1. The lowest BCUT2D eigenvalue weighted by Crippen LogP contribution is -2.29. The molecule has 1 N–H and O–H groups in total. The first-order chi connectivity index (χ1) is 15.0. The van der Waals surface area contributed by atoms with Gasteiger partial charge in [-0.3, -0.25) is 4.57 Å². The van der Waals surface area contributed by atoms with Gasteiger partial charge in [-0.1, -0.05) is 12.1 Å². The molecule has 0 aliphatic carbocycles. The van der Waals surface area contributed by atoms with E-state index in [4.69, 9.17) is 23.9 Å². The standard InChI is InChI=1S/C23H25N3O5/c1-6-31-22(27)19-13(2)24-23-25-15-9-7-8-10-16(15)26(23)20(19)14-11-17(28-3)21(30-5)18(12-14)29-4/h7-12,20H,6H2,1-5H3,(H,24,25)/t20-/m0/s1. The van der Waals surface area contributed by atoms with E-state index in [1.165, 1.54) is 0 Å². The number of para-hydroxylation sites is 2. The van der Waals surface area contributed by atoms with Crippen LogP contribution in [0, 0.1) is 0 Å². The molecule has 8 heteroatoms. The predicted octanol–water partition coefficient (Wildman–Crippen LogP) is 3.91. The molecule has 31 heavy (non-hydrogen) atoms. The number of imidazole rings is 1. The van der Waals surface area contributed by atoms with Crippen LogP contribution in [0.25, 0.3) is 11.0 Å². The Kier molecular flexibility index (Phi) is 5.46. The quantitative estimate of drug-likeness (QED) is 0.602. The third-order valence-corrected chi connectivity index (χ3v) is 5.33. The van der Waals surface area contributed by atoms with E-state index >= 15 is 0 Å². The summed E-state index contributed by atoms with van der Waals surface area (Å²) in [7, 11) is 4.68. The molecule has 0 unspecified atom stereocenters. The molecule has 0 spiro atoms. The van der Waals surface area contributed by atoms with Crippen LogP contribution in [0.4, 0.5) is 5.95 Å². The van der Waals surface area contributed by atoms with Gasteiger partial charge in [0.25, 0.3) is 0 Å². The van der Waals surface area contributed by atoms with E-state index in [9.17, 15) is 4.79 Å². The fraction of sp³-hybridized carbons (Fsp3) is 0.304. The smallest absolute Gasteiger partial charge is 0.338 e. The van der Waals surface area contributed by atoms with Crippen molar-refractivity contribution in [2.24, 2.45) is 0 Å². The number of ether oxygens (including phenoxy) is 4. The first kappa shape index (κ1) is 20.6. The number of hydrogen-bond acceptors (Lipinski definition) is 7. The number of esters is 1. The van der Waals surface area contributed by atoms with Gasteiger partial charge in [0.15, 0.2) is 11.5 Å². The molecule has 0 saturated carbocycles. The number of nitrogens with one attached hydrogen (secondary N) is 1. The normalized spacial score (nSPS) is 15.3. The SMILES string of the molecule is CCOC(=O)C1=C(C)Nc2nc3ccccc3n2[C@H]1c1cc(OC)c(OC)c(OC)c1. The summed E-state index contributed by atoms with van der Waals surface area (Å²) in [6.45, 7) is 3.91. The zero-order chi connectivity index (χ0) is 22.1. The van der Waals surface area contributed by atoms with E-state index in [1.807, 2.05) is 47.9 Å². The monoisotopic (exact) mass is 423 g/mol. The highest BCUT2D eigenvalue weighted by atomic mass is 16.5. The number of nitrogens with zero attached hydrogens (tertiary/aromatic N) is 2. The van der Waals surface area contributed by atoms with Crippen molar-refractivity contribution in [1.29, 1.82) is 0 Å². The second-order valence-electron chi connectivity index (χ2n) is 7.04. The summed E-state index contributed by atoms with van der Waals surface area (Å²) in [5.74, 6) is 1.74. The lowest BCUT2D eigenvalue weighted by molar-refractivity contribution is -0.139. The Hall–Kier alpha value is -3.68.